The van der Waals surface area contributed by atoms with Crippen molar-refractivity contribution in [1.29, 1.82) is 0 Å². The van der Waals surface area contributed by atoms with Gasteiger partial charge >= 0.3 is 0 Å². The van der Waals surface area contributed by atoms with E-state index in [2.05, 4.69) is 0 Å². The van der Waals surface area contributed by atoms with Gasteiger partial charge in [0.1, 0.15) is 145 Å². The van der Waals surface area contributed by atoms with Crippen LogP contribution in [0.4, 0.5) is 0 Å². The van der Waals surface area contributed by atoms with Crippen LogP contribution >= 0.6 is 0 Å². The predicted molar refractivity (Wildman–Crippen MR) is 293 cm³/mol. The van der Waals surface area contributed by atoms with Gasteiger partial charge in [0.25, 0.3) is 20.2 Å². The number of benzene rings is 3. The Kier molecular flexibility index (Phi) is 22.2. The van der Waals surface area contributed by atoms with Gasteiger partial charge in [-0.25, -0.2) is 0 Å². The first-order valence-electron chi connectivity index (χ1n) is 28.9. The number of fused-ring (bicyclic) bond motifs is 1. The van der Waals surface area contributed by atoms with Gasteiger partial charge in [0.05, 0.1) is 44.5 Å². The molecule has 22 fully saturated rings. The maximum absolute atomic E-state index is 14.6. The molecule has 512 valence electrons. The Morgan fingerprint density at radius 1 is 0.374 bits per heavy atom. The molecule has 22 heterocycles. The van der Waals surface area contributed by atoms with E-state index < -0.39 is 249 Å². The molecule has 22 aliphatic rings. The van der Waals surface area contributed by atoms with Crippen LogP contribution in [0.5, 0.6) is 0 Å². The number of rotatable bonds is 12. The maximum atomic E-state index is 14.6. The van der Waals surface area contributed by atoms with E-state index in [1.54, 1.807) is 37.3 Å². The summed E-state index contributed by atoms with van der Waals surface area (Å²) in [7, 11) is -9.98. The predicted octanol–water partition coefficient (Wildman–Crippen LogP) is -8.15. The van der Waals surface area contributed by atoms with Crippen LogP contribution in [0.3, 0.4) is 0 Å². The van der Waals surface area contributed by atoms with Crippen LogP contribution in [-0.4, -0.2) is 322 Å². The number of ether oxygens (including phenoxy) is 12. The molecule has 0 saturated carbocycles. The summed E-state index contributed by atoms with van der Waals surface area (Å²) in [5, 5.41) is 183. The fourth-order valence-corrected chi connectivity index (χ4v) is 15.0. The zero-order valence-corrected chi connectivity index (χ0v) is 50.2. The second kappa shape index (κ2) is 28.7. The van der Waals surface area contributed by atoms with E-state index >= 15 is 0 Å². The first kappa shape index (κ1) is 70.4. The normalized spacial score (nSPS) is 43.8. The van der Waals surface area contributed by atoms with E-state index in [4.69, 9.17) is 65.2 Å². The number of aliphatic hydroxyl groups excluding tert-OH is 16. The van der Waals surface area contributed by atoms with Crippen molar-refractivity contribution in [3.63, 3.8) is 0 Å². The molecule has 0 spiro atoms. The third-order valence-corrected chi connectivity index (χ3v) is 19.9. The maximum Gasteiger partial charge on any atom is 0.298 e. The van der Waals surface area contributed by atoms with Crippen molar-refractivity contribution in [3.8, 4) is 0 Å². The molecular weight excluding hydrogens is 1270 g/mol. The Morgan fingerprint density at radius 2 is 0.692 bits per heavy atom. The van der Waals surface area contributed by atoms with Gasteiger partial charge in [0.15, 0.2) is 43.8 Å². The summed E-state index contributed by atoms with van der Waals surface area (Å²) in [5.74, 6) is 0. The number of aryl methyl sites for hydroxylation is 3. The lowest BCUT2D eigenvalue weighted by Gasteiger charge is -2.51. The molecule has 36 heteroatoms. The molecule has 25 rings (SSSR count). The van der Waals surface area contributed by atoms with Crippen LogP contribution in [0.1, 0.15) is 16.7 Å². The highest BCUT2D eigenvalue weighted by atomic mass is 32.2. The van der Waals surface area contributed by atoms with E-state index in [1.165, 1.54) is 32.0 Å². The van der Waals surface area contributed by atoms with Crippen molar-refractivity contribution < 1.29 is 164 Å². The molecule has 0 aromatic heterocycles. The monoisotopic (exact) mass is 1340 g/mol. The second-order valence-electron chi connectivity index (χ2n) is 23.1. The Labute approximate surface area is 518 Å². The van der Waals surface area contributed by atoms with Gasteiger partial charge in [-0.15, -0.1) is 0 Å². The van der Waals surface area contributed by atoms with Crippen LogP contribution in [0.25, 0.3) is 10.8 Å². The Balaban J connectivity index is 1.03. The molecule has 0 unspecified atom stereocenters. The fourth-order valence-electron chi connectivity index (χ4n) is 12.4. The summed E-state index contributed by atoms with van der Waals surface area (Å²) in [6.07, 6.45) is -64.4. The molecule has 30 atom stereocenters. The van der Waals surface area contributed by atoms with Crippen molar-refractivity contribution in [2.45, 2.75) is 215 Å². The van der Waals surface area contributed by atoms with E-state index in [-0.39, 0.29) is 21.4 Å². The molecule has 0 aliphatic carbocycles. The topological polar surface area (TPSA) is 521 Å². The van der Waals surface area contributed by atoms with Crippen LogP contribution in [0.2, 0.25) is 0 Å². The third kappa shape index (κ3) is 14.0. The van der Waals surface area contributed by atoms with Crippen molar-refractivity contribution in [2.24, 2.45) is 0 Å². The summed E-state index contributed by atoms with van der Waals surface area (Å²) in [4.78, 5) is -0.781. The molecule has 0 radical (unpaired) electrons. The van der Waals surface area contributed by atoms with Gasteiger partial charge in [0.2, 0.25) is 0 Å². The molecule has 22 aliphatic heterocycles. The van der Waals surface area contributed by atoms with Crippen molar-refractivity contribution in [2.75, 3.05) is 39.6 Å². The SMILES string of the molecule is Cc1cc(C)c(S(=O)(=O)OC[C@H]2O[C@@H]3O[C@H]4[C@H](O)[C@@H](OS(=O)(=O)c5cccc6ccccc56)[C@@H](O[C@H]5[C@H](O)[C@@H](O)[C@@H](O[C@H]6[C@H](O)[C@@H](O)[C@@H](O[C@H]7[C@H](O)[C@@H](O)[C@@H](O[C@H]8[C@H](O)[C@@H](O)[C@@H](O[C@H]2[C@H](O)[C@H]3O)O[C@@H]8CO)O[C@@H]7CO)O[C@@H]6CO)O[C@@H]5CO)O[C@@H]4CO)c(C)c1. The molecular formula is C55H76O34S2. The molecule has 91 heavy (non-hydrogen) atoms. The molecule has 34 nitrogen and oxygen atoms in total. The lowest BCUT2D eigenvalue weighted by atomic mass is 9.94. The molecule has 12 bridgehead atoms. The van der Waals surface area contributed by atoms with Gasteiger partial charge in [-0.1, -0.05) is 54.1 Å². The van der Waals surface area contributed by atoms with Crippen LogP contribution in [0.15, 0.2) is 64.4 Å². The van der Waals surface area contributed by atoms with E-state index in [0.717, 1.165) is 6.07 Å². The summed E-state index contributed by atoms with van der Waals surface area (Å²) < 4.78 is 139. The Hall–Kier alpha value is -3.38. The standard InChI is InChI=1S/C55H76O34S2/c1-19-11-20(2)49(21(3)12-19)91(74,75)76-18-29-47-35(65)40(70)54(82-29)86-46-28(17-60)81-55(48(41(46)71)89-90(72,73)30-10-6-8-22-7-4-5-9-23(22)30)88-45-27(16-59)80-52(39(69)34(45)64)85-43-25(14-57)78-50(37(67)32(43)62)83-42-24(13-56)77-51(36(66)31(42)61)84-44-26(15-58)79-53(87-47)38(68)33(44)63/h4-12,24-29,31-48,50-71H,13-18H2,1-3H3/t24-,25-,26-,27-,28-,29-,31-,32-,33-,34-,35-,36-,37-,38-,39-,40-,41+,42-,43-,44-,45-,46-,47-,48-,50-,51-,52-,53-,54-,55-/m1/s1. The quantitative estimate of drug-likeness (QED) is 0.0749. The minimum absolute atomic E-state index is 0.103. The van der Waals surface area contributed by atoms with Crippen LogP contribution in [-0.2, 0) is 85.4 Å². The van der Waals surface area contributed by atoms with Gasteiger partial charge in [0, 0.05) is 5.39 Å². The zero-order chi connectivity index (χ0) is 65.9. The first-order valence-corrected chi connectivity index (χ1v) is 31.8. The van der Waals surface area contributed by atoms with Crippen molar-refractivity contribution in [3.05, 3.63) is 71.3 Å². The van der Waals surface area contributed by atoms with E-state index in [1.807, 2.05) is 0 Å². The van der Waals surface area contributed by atoms with E-state index in [9.17, 15) is 98.5 Å². The van der Waals surface area contributed by atoms with Gasteiger partial charge < -0.3 is 139 Å². The van der Waals surface area contributed by atoms with Crippen molar-refractivity contribution in [1.82, 2.24) is 0 Å². The number of hydrogen-bond acceptors (Lipinski definition) is 34. The summed E-state index contributed by atoms with van der Waals surface area (Å²) in [5.41, 5.74) is 1.16. The van der Waals surface area contributed by atoms with E-state index in [0.29, 0.717) is 10.9 Å². The lowest BCUT2D eigenvalue weighted by molar-refractivity contribution is -0.403. The first-order chi connectivity index (χ1) is 43.2. The molecule has 3 aromatic rings. The highest BCUT2D eigenvalue weighted by Gasteiger charge is 2.60. The van der Waals surface area contributed by atoms with Crippen molar-refractivity contribution >= 4 is 31.0 Å². The molecule has 22 saturated heterocycles. The van der Waals surface area contributed by atoms with Crippen LogP contribution < -0.4 is 0 Å². The summed E-state index contributed by atoms with van der Waals surface area (Å²) in [6, 6.07) is 13.3. The van der Waals surface area contributed by atoms with Gasteiger partial charge in [-0.05, 0) is 43.4 Å². The highest BCUT2D eigenvalue weighted by Crippen LogP contribution is 2.40. The Bertz CT molecular complexity index is 3130. The molecule has 0 amide bonds. The third-order valence-electron chi connectivity index (χ3n) is 17.0. The molecule has 16 N–H and O–H groups in total. The average molecular weight is 1350 g/mol. The summed E-state index contributed by atoms with van der Waals surface area (Å²) >= 11 is 0. The fraction of sp³-hybridized carbons (Fsp3) is 0.709. The van der Waals surface area contributed by atoms with Gasteiger partial charge in [-0.3, -0.25) is 8.37 Å². The number of hydrogen-bond donors (Lipinski definition) is 16. The highest BCUT2D eigenvalue weighted by molar-refractivity contribution is 7.87. The van der Waals surface area contributed by atoms with Crippen LogP contribution in [0, 0.1) is 20.8 Å². The minimum atomic E-state index is -5.16. The number of aliphatic hydroxyl groups is 16. The lowest BCUT2D eigenvalue weighted by Crippen LogP contribution is -2.69. The zero-order valence-electron chi connectivity index (χ0n) is 48.6. The minimum Gasteiger partial charge on any atom is -0.394 e. The Morgan fingerprint density at radius 3 is 1.08 bits per heavy atom. The second-order valence-corrected chi connectivity index (χ2v) is 26.2. The summed E-state index contributed by atoms with van der Waals surface area (Å²) in [6.45, 7) is -2.08. The largest absolute Gasteiger partial charge is 0.394 e. The van der Waals surface area contributed by atoms with Gasteiger partial charge in [-0.2, -0.15) is 16.8 Å². The smallest absolute Gasteiger partial charge is 0.298 e. The average Bonchev–Trinajstić information content (AvgIpc) is 0.787. The molecule has 3 aromatic carbocycles.